The number of carbonyl (C=O) groups is 2. The van der Waals surface area contributed by atoms with Crippen molar-refractivity contribution in [2.45, 2.75) is 45.8 Å². The number of nitrogens with zero attached hydrogens (tertiary/aromatic N) is 1. The van der Waals surface area contributed by atoms with Crippen LogP contribution < -0.4 is 10.1 Å². The number of amides is 2. The van der Waals surface area contributed by atoms with Gasteiger partial charge in [-0.15, -0.1) is 0 Å². The van der Waals surface area contributed by atoms with Gasteiger partial charge in [-0.2, -0.15) is 0 Å². The van der Waals surface area contributed by atoms with Gasteiger partial charge >= 0.3 is 12.0 Å². The lowest BCUT2D eigenvalue weighted by Crippen LogP contribution is -2.38. The van der Waals surface area contributed by atoms with Crippen LogP contribution in [-0.4, -0.2) is 61.0 Å². The summed E-state index contributed by atoms with van der Waals surface area (Å²) in [6.45, 7) is 6.20. The van der Waals surface area contributed by atoms with Crippen LogP contribution in [0.2, 0.25) is 10.0 Å². The zero-order valence-electron chi connectivity index (χ0n) is 24.0. The van der Waals surface area contributed by atoms with Crippen molar-refractivity contribution in [1.82, 2.24) is 4.90 Å². The third-order valence-corrected chi connectivity index (χ3v) is 6.89. The number of carboxylic acid groups (broad SMARTS) is 1. The SMILES string of the molecule is CCOC(Cc1ccc(OCCN(CCCCOCc2cc(Cl)cc(Cl)c2)C(=O)Nc2ccccc2C)cc1)C(=O)O. The normalized spacial score (nSPS) is 11.6. The number of carbonyl (C=O) groups excluding carboxylic acids is 1. The number of hydrogen-bond acceptors (Lipinski definition) is 5. The van der Waals surface area contributed by atoms with E-state index in [0.29, 0.717) is 55.3 Å². The summed E-state index contributed by atoms with van der Waals surface area (Å²) in [5.41, 5.74) is 3.49. The third-order valence-electron chi connectivity index (χ3n) is 6.45. The molecule has 0 spiro atoms. The Morgan fingerprint density at radius 3 is 2.31 bits per heavy atom. The zero-order chi connectivity index (χ0) is 30.3. The van der Waals surface area contributed by atoms with Crippen molar-refractivity contribution in [1.29, 1.82) is 0 Å². The van der Waals surface area contributed by atoms with Crippen molar-refractivity contribution in [3.8, 4) is 5.75 Å². The second-order valence-corrected chi connectivity index (χ2v) is 10.6. The first-order valence-electron chi connectivity index (χ1n) is 14.0. The number of unbranched alkanes of at least 4 members (excludes halogenated alkanes) is 1. The Morgan fingerprint density at radius 2 is 1.64 bits per heavy atom. The summed E-state index contributed by atoms with van der Waals surface area (Å²) in [7, 11) is 0. The Kier molecular flexibility index (Phi) is 13.9. The van der Waals surface area contributed by atoms with Gasteiger partial charge in [0.15, 0.2) is 6.10 Å². The maximum atomic E-state index is 13.2. The molecule has 10 heteroatoms. The fourth-order valence-electron chi connectivity index (χ4n) is 4.24. The van der Waals surface area contributed by atoms with Gasteiger partial charge in [0.2, 0.25) is 0 Å². The fraction of sp³-hybridized carbons (Fsp3) is 0.375. The summed E-state index contributed by atoms with van der Waals surface area (Å²) in [6, 6.07) is 20.0. The molecule has 0 radical (unpaired) electrons. The Bertz CT molecular complexity index is 1270. The molecule has 1 unspecified atom stereocenters. The van der Waals surface area contributed by atoms with E-state index in [9.17, 15) is 14.7 Å². The maximum absolute atomic E-state index is 13.2. The Hall–Kier alpha value is -3.30. The molecule has 0 saturated heterocycles. The molecule has 8 nitrogen and oxygen atoms in total. The molecule has 3 rings (SSSR count). The summed E-state index contributed by atoms with van der Waals surface area (Å²) in [5, 5.41) is 13.5. The molecule has 0 aliphatic heterocycles. The van der Waals surface area contributed by atoms with E-state index in [2.05, 4.69) is 5.32 Å². The Balaban J connectivity index is 1.50. The van der Waals surface area contributed by atoms with Crippen LogP contribution in [-0.2, 0) is 27.3 Å². The highest BCUT2D eigenvalue weighted by Gasteiger charge is 2.18. The van der Waals surface area contributed by atoms with Gasteiger partial charge in [-0.3, -0.25) is 0 Å². The number of benzene rings is 3. The van der Waals surface area contributed by atoms with Crippen molar-refractivity contribution < 1.29 is 28.9 Å². The molecule has 2 amide bonds. The minimum atomic E-state index is -0.987. The van der Waals surface area contributed by atoms with Gasteiger partial charge in [0.25, 0.3) is 0 Å². The van der Waals surface area contributed by atoms with Crippen LogP contribution >= 0.6 is 23.2 Å². The molecule has 1 atom stereocenters. The summed E-state index contributed by atoms with van der Waals surface area (Å²) in [4.78, 5) is 26.3. The maximum Gasteiger partial charge on any atom is 0.333 e. The quantitative estimate of drug-likeness (QED) is 0.155. The van der Waals surface area contributed by atoms with E-state index < -0.39 is 12.1 Å². The average Bonchev–Trinajstić information content (AvgIpc) is 2.95. The smallest absolute Gasteiger partial charge is 0.333 e. The molecule has 0 bridgehead atoms. The van der Waals surface area contributed by atoms with Crippen molar-refractivity contribution >= 4 is 40.9 Å². The molecular formula is C32H38Cl2N2O6. The van der Waals surface area contributed by atoms with E-state index >= 15 is 0 Å². The molecule has 0 saturated carbocycles. The van der Waals surface area contributed by atoms with Crippen LogP contribution in [0.4, 0.5) is 10.5 Å². The lowest BCUT2D eigenvalue weighted by atomic mass is 10.1. The van der Waals surface area contributed by atoms with Gasteiger partial charge in [-0.25, -0.2) is 9.59 Å². The number of ether oxygens (including phenoxy) is 3. The number of aliphatic carboxylic acids is 1. The monoisotopic (exact) mass is 616 g/mol. The van der Waals surface area contributed by atoms with Crippen LogP contribution in [0.5, 0.6) is 5.75 Å². The minimum absolute atomic E-state index is 0.201. The lowest BCUT2D eigenvalue weighted by Gasteiger charge is -2.24. The zero-order valence-corrected chi connectivity index (χ0v) is 25.5. The van der Waals surface area contributed by atoms with E-state index in [0.717, 1.165) is 35.2 Å². The topological polar surface area (TPSA) is 97.3 Å². The summed E-state index contributed by atoms with van der Waals surface area (Å²) in [5.74, 6) is -0.352. The van der Waals surface area contributed by atoms with Gasteiger partial charge < -0.3 is 29.5 Å². The van der Waals surface area contributed by atoms with E-state index in [4.69, 9.17) is 37.4 Å². The van der Waals surface area contributed by atoms with E-state index in [1.54, 1.807) is 30.0 Å². The predicted molar refractivity (Wildman–Crippen MR) is 166 cm³/mol. The van der Waals surface area contributed by atoms with E-state index in [1.807, 2.05) is 55.5 Å². The predicted octanol–water partition coefficient (Wildman–Crippen LogP) is 7.24. The highest BCUT2D eigenvalue weighted by atomic mass is 35.5. The minimum Gasteiger partial charge on any atom is -0.492 e. The second kappa shape index (κ2) is 17.6. The molecule has 42 heavy (non-hydrogen) atoms. The van der Waals surface area contributed by atoms with Gasteiger partial charge in [0.1, 0.15) is 12.4 Å². The number of para-hydroxylation sites is 1. The van der Waals surface area contributed by atoms with Crippen LogP contribution in [0.15, 0.2) is 66.7 Å². The molecule has 226 valence electrons. The van der Waals surface area contributed by atoms with Gasteiger partial charge in [-0.1, -0.05) is 53.5 Å². The van der Waals surface area contributed by atoms with Crippen LogP contribution in [0.3, 0.4) is 0 Å². The van der Waals surface area contributed by atoms with Crippen molar-refractivity contribution in [2.24, 2.45) is 0 Å². The molecule has 0 fully saturated rings. The molecule has 0 aromatic heterocycles. The fourth-order valence-corrected chi connectivity index (χ4v) is 4.81. The van der Waals surface area contributed by atoms with Crippen molar-refractivity contribution in [2.75, 3.05) is 38.2 Å². The number of urea groups is 1. The Morgan fingerprint density at radius 1 is 0.929 bits per heavy atom. The van der Waals surface area contributed by atoms with Gasteiger partial charge in [0, 0.05) is 41.9 Å². The third kappa shape index (κ3) is 11.5. The molecule has 0 heterocycles. The number of halogens is 2. The van der Waals surface area contributed by atoms with Crippen LogP contribution in [0.1, 0.15) is 36.5 Å². The standard InChI is InChI=1S/C32H38Cl2N2O6/c1-3-41-30(31(37)38)20-24-10-12-28(13-11-24)42-17-15-36(32(39)35-29-9-5-4-8-23(29)2)14-6-7-16-40-22-25-18-26(33)21-27(34)19-25/h4-5,8-13,18-19,21,30H,3,6-7,14-17,20,22H2,1-2H3,(H,35,39)(H,37,38). The molecule has 3 aromatic rings. The summed E-state index contributed by atoms with van der Waals surface area (Å²) >= 11 is 12.1. The number of anilines is 1. The summed E-state index contributed by atoms with van der Waals surface area (Å²) < 4.78 is 17.0. The van der Waals surface area contributed by atoms with Crippen molar-refractivity contribution in [3.05, 3.63) is 93.5 Å². The number of hydrogen-bond donors (Lipinski definition) is 2. The highest BCUT2D eigenvalue weighted by molar-refractivity contribution is 6.34. The lowest BCUT2D eigenvalue weighted by molar-refractivity contribution is -0.149. The first-order valence-corrected chi connectivity index (χ1v) is 14.7. The number of carboxylic acids is 1. The second-order valence-electron chi connectivity index (χ2n) is 9.75. The summed E-state index contributed by atoms with van der Waals surface area (Å²) in [6.07, 6.45) is 0.899. The molecular weight excluding hydrogens is 579 g/mol. The molecule has 0 aliphatic rings. The first-order chi connectivity index (χ1) is 20.2. The Labute approximate surface area is 257 Å². The molecule has 2 N–H and O–H groups in total. The van der Waals surface area contributed by atoms with Gasteiger partial charge in [0.05, 0.1) is 13.2 Å². The number of aryl methyl sites for hydroxylation is 1. The van der Waals surface area contributed by atoms with Crippen LogP contribution in [0.25, 0.3) is 0 Å². The largest absolute Gasteiger partial charge is 0.492 e. The highest BCUT2D eigenvalue weighted by Crippen LogP contribution is 2.20. The van der Waals surface area contributed by atoms with E-state index in [1.165, 1.54) is 0 Å². The molecule has 3 aromatic carbocycles. The van der Waals surface area contributed by atoms with E-state index in [-0.39, 0.29) is 12.5 Å². The first kappa shape index (κ1) is 33.2. The van der Waals surface area contributed by atoms with Gasteiger partial charge in [-0.05, 0) is 79.8 Å². The van der Waals surface area contributed by atoms with Crippen LogP contribution in [0, 0.1) is 6.92 Å². The number of nitrogens with one attached hydrogen (secondary N) is 1. The molecule has 0 aliphatic carbocycles. The number of rotatable bonds is 17. The van der Waals surface area contributed by atoms with Crippen molar-refractivity contribution in [3.63, 3.8) is 0 Å². The average molecular weight is 618 g/mol.